The molecule has 0 saturated carbocycles. The Morgan fingerprint density at radius 3 is 2.34 bits per heavy atom. The number of nitrogens with zero attached hydrogens (tertiary/aromatic N) is 2. The van der Waals surface area contributed by atoms with Crippen molar-refractivity contribution in [3.05, 3.63) is 95.1 Å². The van der Waals surface area contributed by atoms with Crippen LogP contribution in [-0.2, 0) is 4.74 Å². The Kier molecular flexibility index (Phi) is 7.21. The van der Waals surface area contributed by atoms with E-state index in [4.69, 9.17) is 9.73 Å². The number of aliphatic hydroxyl groups excluding tert-OH is 1. The number of nitrogens with one attached hydrogen (secondary N) is 2. The SMILES string of the molecule is COC(=O)c1ccc2c(C(=Nc3ccc(C(=O)NN4CCC(O)CC4)cc3)c3ccccc3)c(O)[nH]c2c1. The van der Waals surface area contributed by atoms with E-state index in [1.807, 2.05) is 35.3 Å². The molecule has 9 heteroatoms. The van der Waals surface area contributed by atoms with Crippen molar-refractivity contribution in [2.45, 2.75) is 18.9 Å². The van der Waals surface area contributed by atoms with E-state index >= 15 is 0 Å². The number of rotatable bonds is 6. The lowest BCUT2D eigenvalue weighted by atomic mass is 10.00. The normalized spacial score (nSPS) is 14.9. The first-order valence-electron chi connectivity index (χ1n) is 12.3. The predicted molar refractivity (Wildman–Crippen MR) is 144 cm³/mol. The van der Waals surface area contributed by atoms with Gasteiger partial charge in [0.25, 0.3) is 5.91 Å². The van der Waals surface area contributed by atoms with Crippen LogP contribution in [0.3, 0.4) is 0 Å². The lowest BCUT2D eigenvalue weighted by Gasteiger charge is -2.29. The van der Waals surface area contributed by atoms with Crippen molar-refractivity contribution in [2.75, 3.05) is 20.2 Å². The molecule has 2 heterocycles. The molecule has 0 unspecified atom stereocenters. The van der Waals surface area contributed by atoms with Crippen molar-refractivity contribution in [1.29, 1.82) is 0 Å². The third-order valence-electron chi connectivity index (χ3n) is 6.58. The maximum absolute atomic E-state index is 12.7. The Labute approximate surface area is 219 Å². The van der Waals surface area contributed by atoms with Crippen LogP contribution in [0.25, 0.3) is 10.9 Å². The smallest absolute Gasteiger partial charge is 0.337 e. The first-order chi connectivity index (χ1) is 18.4. The molecular formula is C29H28N4O5. The first kappa shape index (κ1) is 25.2. The highest BCUT2D eigenvalue weighted by Gasteiger charge is 2.21. The molecule has 1 amide bonds. The molecule has 194 valence electrons. The fourth-order valence-electron chi connectivity index (χ4n) is 4.53. The average molecular weight is 513 g/mol. The topological polar surface area (TPSA) is 127 Å². The molecule has 4 aromatic rings. The summed E-state index contributed by atoms with van der Waals surface area (Å²) < 4.78 is 4.81. The highest BCUT2D eigenvalue weighted by molar-refractivity contribution is 6.22. The van der Waals surface area contributed by atoms with Gasteiger partial charge in [-0.15, -0.1) is 0 Å². The summed E-state index contributed by atoms with van der Waals surface area (Å²) in [6, 6.07) is 21.4. The fourth-order valence-corrected chi connectivity index (χ4v) is 4.53. The molecule has 38 heavy (non-hydrogen) atoms. The van der Waals surface area contributed by atoms with Gasteiger partial charge in [0.15, 0.2) is 5.88 Å². The highest BCUT2D eigenvalue weighted by Crippen LogP contribution is 2.32. The number of amides is 1. The number of aliphatic imine (C=N–C) groups is 1. The number of benzene rings is 3. The Morgan fingerprint density at radius 1 is 0.974 bits per heavy atom. The minimum absolute atomic E-state index is 0.0766. The highest BCUT2D eigenvalue weighted by atomic mass is 16.5. The Balaban J connectivity index is 1.47. The van der Waals surface area contributed by atoms with Gasteiger partial charge in [-0.25, -0.2) is 14.8 Å². The van der Waals surface area contributed by atoms with E-state index in [9.17, 15) is 19.8 Å². The second-order valence-electron chi connectivity index (χ2n) is 9.13. The van der Waals surface area contributed by atoms with Crippen molar-refractivity contribution in [2.24, 2.45) is 4.99 Å². The van der Waals surface area contributed by atoms with Gasteiger partial charge < -0.3 is 19.9 Å². The summed E-state index contributed by atoms with van der Waals surface area (Å²) in [4.78, 5) is 32.5. The molecule has 1 aliphatic rings. The standard InChI is InChI=1S/C29H28N4O5/c1-38-29(37)20-9-12-23-24(17-20)31-28(36)25(23)26(18-5-3-2-4-6-18)30-21-10-7-19(8-11-21)27(35)32-33-15-13-22(34)14-16-33/h2-12,17,22,31,34,36H,13-16H2,1H3,(H,32,35). The van der Waals surface area contributed by atoms with Gasteiger partial charge in [0.05, 0.1) is 35.7 Å². The molecule has 1 aromatic heterocycles. The Hall–Kier alpha value is -4.47. The average Bonchev–Trinajstić information content (AvgIpc) is 3.27. The number of hydrogen-bond donors (Lipinski definition) is 4. The fraction of sp³-hybridized carbons (Fsp3) is 0.207. The largest absolute Gasteiger partial charge is 0.494 e. The number of aromatic hydroxyl groups is 1. The van der Waals surface area contributed by atoms with Crippen molar-refractivity contribution < 1.29 is 24.5 Å². The van der Waals surface area contributed by atoms with Crippen molar-refractivity contribution in [3.63, 3.8) is 0 Å². The molecule has 1 aliphatic heterocycles. The number of aliphatic hydroxyl groups is 1. The lowest BCUT2D eigenvalue weighted by molar-refractivity contribution is 0.0467. The molecule has 9 nitrogen and oxygen atoms in total. The predicted octanol–water partition coefficient (Wildman–Crippen LogP) is 3.93. The van der Waals surface area contributed by atoms with Gasteiger partial charge in [0.2, 0.25) is 0 Å². The molecule has 0 spiro atoms. The van der Waals surface area contributed by atoms with Crippen LogP contribution < -0.4 is 5.43 Å². The molecule has 0 radical (unpaired) electrons. The lowest BCUT2D eigenvalue weighted by Crippen LogP contribution is -2.47. The summed E-state index contributed by atoms with van der Waals surface area (Å²) in [7, 11) is 1.32. The summed E-state index contributed by atoms with van der Waals surface area (Å²) >= 11 is 0. The number of carbonyl (C=O) groups is 2. The number of esters is 1. The van der Waals surface area contributed by atoms with E-state index in [1.165, 1.54) is 7.11 Å². The molecule has 0 aliphatic carbocycles. The molecular weight excluding hydrogens is 484 g/mol. The number of aromatic amines is 1. The molecule has 3 aromatic carbocycles. The van der Waals surface area contributed by atoms with Gasteiger partial charge in [0.1, 0.15) is 0 Å². The summed E-state index contributed by atoms with van der Waals surface area (Å²) in [5.74, 6) is -0.773. The number of piperidine rings is 1. The second kappa shape index (κ2) is 10.9. The molecule has 1 fully saturated rings. The van der Waals surface area contributed by atoms with Gasteiger partial charge in [-0.05, 0) is 49.2 Å². The zero-order valence-electron chi connectivity index (χ0n) is 20.8. The van der Waals surface area contributed by atoms with Crippen LogP contribution in [0.15, 0.2) is 77.8 Å². The molecule has 0 atom stereocenters. The number of H-pyrrole nitrogens is 1. The van der Waals surface area contributed by atoms with E-state index in [0.29, 0.717) is 64.9 Å². The van der Waals surface area contributed by atoms with Crippen molar-refractivity contribution >= 4 is 34.2 Å². The minimum Gasteiger partial charge on any atom is -0.494 e. The minimum atomic E-state index is -0.471. The number of fused-ring (bicyclic) bond motifs is 1. The van der Waals surface area contributed by atoms with Gasteiger partial charge in [-0.3, -0.25) is 10.2 Å². The van der Waals surface area contributed by atoms with Crippen LogP contribution in [0.1, 0.15) is 44.7 Å². The van der Waals surface area contributed by atoms with Crippen LogP contribution in [0.2, 0.25) is 0 Å². The first-order valence-corrected chi connectivity index (χ1v) is 12.3. The van der Waals surface area contributed by atoms with Crippen LogP contribution in [0.4, 0.5) is 5.69 Å². The van der Waals surface area contributed by atoms with E-state index in [1.54, 1.807) is 42.5 Å². The van der Waals surface area contributed by atoms with Crippen LogP contribution in [0, 0.1) is 0 Å². The van der Waals surface area contributed by atoms with Gasteiger partial charge >= 0.3 is 5.97 Å². The van der Waals surface area contributed by atoms with Crippen LogP contribution in [0.5, 0.6) is 5.88 Å². The zero-order chi connectivity index (χ0) is 26.6. The maximum Gasteiger partial charge on any atom is 0.337 e. The van der Waals surface area contributed by atoms with E-state index in [-0.39, 0.29) is 17.9 Å². The summed E-state index contributed by atoms with van der Waals surface area (Å²) in [5.41, 5.74) is 6.72. The number of carbonyl (C=O) groups excluding carboxylic acids is 2. The number of aromatic nitrogens is 1. The molecule has 5 rings (SSSR count). The van der Waals surface area contributed by atoms with Gasteiger partial charge in [-0.1, -0.05) is 36.4 Å². The molecule has 1 saturated heterocycles. The summed E-state index contributed by atoms with van der Waals surface area (Å²) in [6.07, 6.45) is 0.937. The third-order valence-corrected chi connectivity index (χ3v) is 6.58. The Bertz CT molecular complexity index is 1490. The summed E-state index contributed by atoms with van der Waals surface area (Å²) in [5, 5.41) is 23.1. The monoisotopic (exact) mass is 512 g/mol. The quantitative estimate of drug-likeness (QED) is 0.229. The molecule has 4 N–H and O–H groups in total. The number of methoxy groups -OCH3 is 1. The van der Waals surface area contributed by atoms with Crippen molar-refractivity contribution in [3.8, 4) is 5.88 Å². The van der Waals surface area contributed by atoms with Gasteiger partial charge in [-0.2, -0.15) is 0 Å². The van der Waals surface area contributed by atoms with Crippen LogP contribution in [-0.4, -0.2) is 64.1 Å². The zero-order valence-corrected chi connectivity index (χ0v) is 20.8. The Morgan fingerprint density at radius 2 is 1.66 bits per heavy atom. The van der Waals surface area contributed by atoms with Crippen LogP contribution >= 0.6 is 0 Å². The molecule has 0 bridgehead atoms. The maximum atomic E-state index is 12.7. The second-order valence-corrected chi connectivity index (χ2v) is 9.13. The van der Waals surface area contributed by atoms with E-state index in [0.717, 1.165) is 5.56 Å². The number of hydrazine groups is 1. The van der Waals surface area contributed by atoms with E-state index < -0.39 is 5.97 Å². The number of hydrogen-bond acceptors (Lipinski definition) is 7. The number of ether oxygens (including phenoxy) is 1. The summed E-state index contributed by atoms with van der Waals surface area (Å²) in [6.45, 7) is 1.20. The van der Waals surface area contributed by atoms with E-state index in [2.05, 4.69) is 10.4 Å². The third kappa shape index (κ3) is 5.29. The van der Waals surface area contributed by atoms with Crippen molar-refractivity contribution in [1.82, 2.24) is 15.4 Å². The van der Waals surface area contributed by atoms with Gasteiger partial charge in [0, 0.05) is 35.1 Å².